The number of hydrogen-bond acceptors (Lipinski definition) is 3. The monoisotopic (exact) mass is 192 g/mol. The highest BCUT2D eigenvalue weighted by Crippen LogP contribution is 2.11. The third kappa shape index (κ3) is 1.79. The number of ether oxygens (including phenoxy) is 1. The SMILES string of the molecule is Nc1ccc(CN2CCOC2=O)cc1. The summed E-state index contributed by atoms with van der Waals surface area (Å²) in [5, 5.41) is 0. The highest BCUT2D eigenvalue weighted by atomic mass is 16.6. The maximum Gasteiger partial charge on any atom is 0.410 e. The molecule has 1 saturated heterocycles. The van der Waals surface area contributed by atoms with Crippen molar-refractivity contribution in [2.75, 3.05) is 18.9 Å². The van der Waals surface area contributed by atoms with Gasteiger partial charge in [-0.3, -0.25) is 0 Å². The van der Waals surface area contributed by atoms with Crippen LogP contribution in [0.2, 0.25) is 0 Å². The molecule has 0 aromatic heterocycles. The molecule has 0 spiro atoms. The van der Waals surface area contributed by atoms with Crippen molar-refractivity contribution < 1.29 is 9.53 Å². The summed E-state index contributed by atoms with van der Waals surface area (Å²) in [5.74, 6) is 0. The number of carbonyl (C=O) groups excluding carboxylic acids is 1. The first-order chi connectivity index (χ1) is 6.75. The molecule has 1 aromatic carbocycles. The molecule has 1 aliphatic heterocycles. The molecule has 0 unspecified atom stereocenters. The van der Waals surface area contributed by atoms with E-state index in [4.69, 9.17) is 10.5 Å². The number of cyclic esters (lactones) is 1. The number of nitrogens with two attached hydrogens (primary N) is 1. The molecule has 0 radical (unpaired) electrons. The Bertz CT molecular complexity index is 334. The molecule has 1 amide bonds. The van der Waals surface area contributed by atoms with Crippen LogP contribution in [0.25, 0.3) is 0 Å². The highest BCUT2D eigenvalue weighted by Gasteiger charge is 2.21. The van der Waals surface area contributed by atoms with Crippen LogP contribution >= 0.6 is 0 Å². The number of amides is 1. The molecule has 1 heterocycles. The molecule has 0 atom stereocenters. The molecular weight excluding hydrogens is 180 g/mol. The Hall–Kier alpha value is -1.71. The van der Waals surface area contributed by atoms with Gasteiger partial charge in [0, 0.05) is 12.2 Å². The number of nitrogens with zero attached hydrogens (tertiary/aromatic N) is 1. The lowest BCUT2D eigenvalue weighted by molar-refractivity contribution is 0.157. The summed E-state index contributed by atoms with van der Waals surface area (Å²) < 4.78 is 4.82. The number of rotatable bonds is 2. The van der Waals surface area contributed by atoms with E-state index in [9.17, 15) is 4.79 Å². The normalized spacial score (nSPS) is 15.7. The zero-order valence-electron chi connectivity index (χ0n) is 7.77. The lowest BCUT2D eigenvalue weighted by Gasteiger charge is -2.12. The minimum atomic E-state index is -0.234. The molecule has 2 N–H and O–H groups in total. The predicted molar refractivity (Wildman–Crippen MR) is 52.6 cm³/mol. The van der Waals surface area contributed by atoms with Gasteiger partial charge in [0.1, 0.15) is 6.61 Å². The van der Waals surface area contributed by atoms with Crippen LogP contribution in [0.15, 0.2) is 24.3 Å². The minimum absolute atomic E-state index is 0.234. The second kappa shape index (κ2) is 3.57. The number of benzene rings is 1. The van der Waals surface area contributed by atoms with Gasteiger partial charge in [0.25, 0.3) is 0 Å². The summed E-state index contributed by atoms with van der Waals surface area (Å²) in [4.78, 5) is 12.8. The second-order valence-corrected chi connectivity index (χ2v) is 3.28. The molecule has 4 heteroatoms. The minimum Gasteiger partial charge on any atom is -0.448 e. The summed E-state index contributed by atoms with van der Waals surface area (Å²) in [7, 11) is 0. The summed E-state index contributed by atoms with van der Waals surface area (Å²) in [6.45, 7) is 1.76. The van der Waals surface area contributed by atoms with Crippen LogP contribution in [-0.4, -0.2) is 24.1 Å². The molecule has 0 saturated carbocycles. The van der Waals surface area contributed by atoms with Crippen molar-refractivity contribution in [3.8, 4) is 0 Å². The van der Waals surface area contributed by atoms with Gasteiger partial charge in [0.15, 0.2) is 0 Å². The molecule has 4 nitrogen and oxygen atoms in total. The number of anilines is 1. The van der Waals surface area contributed by atoms with Gasteiger partial charge in [-0.25, -0.2) is 4.79 Å². The van der Waals surface area contributed by atoms with Crippen LogP contribution in [0.3, 0.4) is 0 Å². The summed E-state index contributed by atoms with van der Waals surface area (Å²) >= 11 is 0. The average molecular weight is 192 g/mol. The van der Waals surface area contributed by atoms with E-state index in [0.717, 1.165) is 11.3 Å². The van der Waals surface area contributed by atoms with Gasteiger partial charge in [-0.2, -0.15) is 0 Å². The number of hydrogen-bond donors (Lipinski definition) is 1. The van der Waals surface area contributed by atoms with Crippen molar-refractivity contribution in [1.29, 1.82) is 0 Å². The lowest BCUT2D eigenvalue weighted by atomic mass is 10.2. The van der Waals surface area contributed by atoms with Crippen molar-refractivity contribution in [2.45, 2.75) is 6.54 Å². The van der Waals surface area contributed by atoms with Crippen LogP contribution in [0.5, 0.6) is 0 Å². The van der Waals surface area contributed by atoms with E-state index in [2.05, 4.69) is 0 Å². The quantitative estimate of drug-likeness (QED) is 0.717. The first kappa shape index (κ1) is 8.87. The van der Waals surface area contributed by atoms with E-state index in [1.165, 1.54) is 0 Å². The summed E-state index contributed by atoms with van der Waals surface area (Å²) in [6, 6.07) is 7.50. The van der Waals surface area contributed by atoms with Crippen LogP contribution < -0.4 is 5.73 Å². The Balaban J connectivity index is 2.03. The zero-order valence-corrected chi connectivity index (χ0v) is 7.77. The Morgan fingerprint density at radius 3 is 2.64 bits per heavy atom. The van der Waals surface area contributed by atoms with Gasteiger partial charge in [-0.05, 0) is 17.7 Å². The topological polar surface area (TPSA) is 55.6 Å². The Kier molecular flexibility index (Phi) is 2.26. The maximum absolute atomic E-state index is 11.1. The zero-order chi connectivity index (χ0) is 9.97. The van der Waals surface area contributed by atoms with E-state index in [0.29, 0.717) is 19.7 Å². The van der Waals surface area contributed by atoms with Gasteiger partial charge in [0.05, 0.1) is 6.54 Å². The van der Waals surface area contributed by atoms with Gasteiger partial charge in [0.2, 0.25) is 0 Å². The maximum atomic E-state index is 11.1. The molecular formula is C10H12N2O2. The van der Waals surface area contributed by atoms with Crippen LogP contribution in [0.4, 0.5) is 10.5 Å². The fourth-order valence-corrected chi connectivity index (χ4v) is 1.41. The standard InChI is InChI=1S/C10H12N2O2/c11-9-3-1-8(2-4-9)7-12-5-6-14-10(12)13/h1-4H,5-7,11H2. The van der Waals surface area contributed by atoms with Crippen molar-refractivity contribution in [2.24, 2.45) is 0 Å². The first-order valence-electron chi connectivity index (χ1n) is 4.52. The number of carbonyl (C=O) groups is 1. The highest BCUT2D eigenvalue weighted by molar-refractivity contribution is 5.69. The number of nitrogen functional groups attached to an aromatic ring is 1. The molecule has 1 aromatic rings. The molecule has 14 heavy (non-hydrogen) atoms. The smallest absolute Gasteiger partial charge is 0.410 e. The van der Waals surface area contributed by atoms with Crippen molar-refractivity contribution in [1.82, 2.24) is 4.90 Å². The molecule has 1 fully saturated rings. The van der Waals surface area contributed by atoms with Gasteiger partial charge in [-0.1, -0.05) is 12.1 Å². The largest absolute Gasteiger partial charge is 0.448 e. The third-order valence-electron chi connectivity index (χ3n) is 2.20. The second-order valence-electron chi connectivity index (χ2n) is 3.28. The summed E-state index contributed by atoms with van der Waals surface area (Å²) in [6.07, 6.45) is -0.234. The van der Waals surface area contributed by atoms with Crippen LogP contribution in [-0.2, 0) is 11.3 Å². The van der Waals surface area contributed by atoms with E-state index in [1.807, 2.05) is 24.3 Å². The van der Waals surface area contributed by atoms with Crippen molar-refractivity contribution >= 4 is 11.8 Å². The van der Waals surface area contributed by atoms with Crippen LogP contribution in [0, 0.1) is 0 Å². The molecule has 74 valence electrons. The molecule has 1 aliphatic rings. The Labute approximate surface area is 82.3 Å². The van der Waals surface area contributed by atoms with Gasteiger partial charge < -0.3 is 15.4 Å². The summed E-state index contributed by atoms with van der Waals surface area (Å²) in [5.41, 5.74) is 7.36. The van der Waals surface area contributed by atoms with E-state index in [-0.39, 0.29) is 6.09 Å². The van der Waals surface area contributed by atoms with Gasteiger partial charge >= 0.3 is 6.09 Å². The first-order valence-corrected chi connectivity index (χ1v) is 4.52. The van der Waals surface area contributed by atoms with Crippen LogP contribution in [0.1, 0.15) is 5.56 Å². The average Bonchev–Trinajstić information content (AvgIpc) is 2.56. The Morgan fingerprint density at radius 1 is 1.36 bits per heavy atom. The molecule has 0 bridgehead atoms. The van der Waals surface area contributed by atoms with Crippen molar-refractivity contribution in [3.63, 3.8) is 0 Å². The van der Waals surface area contributed by atoms with E-state index >= 15 is 0 Å². The fraction of sp³-hybridized carbons (Fsp3) is 0.300. The van der Waals surface area contributed by atoms with Gasteiger partial charge in [-0.15, -0.1) is 0 Å². The molecule has 2 rings (SSSR count). The lowest BCUT2D eigenvalue weighted by Crippen LogP contribution is -2.23. The Morgan fingerprint density at radius 2 is 2.07 bits per heavy atom. The van der Waals surface area contributed by atoms with Crippen molar-refractivity contribution in [3.05, 3.63) is 29.8 Å². The van der Waals surface area contributed by atoms with E-state index < -0.39 is 0 Å². The molecule has 0 aliphatic carbocycles. The fourth-order valence-electron chi connectivity index (χ4n) is 1.41. The third-order valence-corrected chi connectivity index (χ3v) is 2.20. The predicted octanol–water partition coefficient (Wildman–Crippen LogP) is 1.22. The van der Waals surface area contributed by atoms with E-state index in [1.54, 1.807) is 4.90 Å².